The second kappa shape index (κ2) is 9.87. The fourth-order valence-electron chi connectivity index (χ4n) is 7.67. The van der Waals surface area contributed by atoms with Crippen molar-refractivity contribution in [2.75, 3.05) is 0 Å². The first kappa shape index (κ1) is 26.0. The molecule has 2 aromatic heterocycles. The van der Waals surface area contributed by atoms with Gasteiger partial charge in [0.25, 0.3) is 0 Å². The van der Waals surface area contributed by atoms with Crippen molar-refractivity contribution in [2.24, 2.45) is 0 Å². The second-order valence-electron chi connectivity index (χ2n) is 12.1. The van der Waals surface area contributed by atoms with Crippen LogP contribution in [0.15, 0.2) is 162 Å². The molecule has 0 atom stereocenters. The number of hydrogen-bond acceptors (Lipinski definition) is 4. The zero-order valence-corrected chi connectivity index (χ0v) is 25.2. The van der Waals surface area contributed by atoms with Crippen LogP contribution < -0.4 is 4.74 Å². The normalized spacial score (nSPS) is 13.4. The lowest BCUT2D eigenvalue weighted by Crippen LogP contribution is -2.32. The third-order valence-electron chi connectivity index (χ3n) is 9.66. The van der Waals surface area contributed by atoms with Gasteiger partial charge in [-0.25, -0.2) is 9.97 Å². The quantitative estimate of drug-likeness (QED) is 0.202. The molecule has 0 N–H and O–H groups in total. The Morgan fingerprint density at radius 1 is 0.468 bits per heavy atom. The van der Waals surface area contributed by atoms with E-state index in [0.29, 0.717) is 5.82 Å². The topological polar surface area (TPSA) is 48.2 Å². The minimum atomic E-state index is -0.567. The summed E-state index contributed by atoms with van der Waals surface area (Å²) in [5.74, 6) is 2.42. The van der Waals surface area contributed by atoms with Gasteiger partial charge in [-0.15, -0.1) is 0 Å². The average molecular weight is 603 g/mol. The molecule has 0 fully saturated rings. The first-order valence-corrected chi connectivity index (χ1v) is 15.8. The third-order valence-corrected chi connectivity index (χ3v) is 9.66. The van der Waals surface area contributed by atoms with Crippen LogP contribution in [0.2, 0.25) is 0 Å². The Balaban J connectivity index is 1.27. The molecule has 4 nitrogen and oxygen atoms in total. The Kier molecular flexibility index (Phi) is 5.46. The van der Waals surface area contributed by atoms with E-state index in [1.165, 1.54) is 16.7 Å². The number of para-hydroxylation sites is 2. The summed E-state index contributed by atoms with van der Waals surface area (Å²) in [6, 6.07) is 52.7. The van der Waals surface area contributed by atoms with Crippen molar-refractivity contribution in [3.63, 3.8) is 0 Å². The first-order valence-electron chi connectivity index (χ1n) is 15.8. The highest BCUT2D eigenvalue weighted by molar-refractivity contribution is 6.03. The fraction of sp³-hybridized carbons (Fsp3) is 0.0233. The van der Waals surface area contributed by atoms with Crippen LogP contribution in [0.3, 0.4) is 0 Å². The summed E-state index contributed by atoms with van der Waals surface area (Å²) >= 11 is 0. The SMILES string of the molecule is c1ccc(-c2cc(-c3ccccc3)nc(-c3ccc4c(c3)-c3c(ccc5occc35)C43c4ccccc4Oc4ccccc43)n2)cc1. The Hall–Kier alpha value is -6.26. The highest BCUT2D eigenvalue weighted by atomic mass is 16.5. The number of rotatable bonds is 3. The van der Waals surface area contributed by atoms with E-state index in [4.69, 9.17) is 19.1 Å². The van der Waals surface area contributed by atoms with Crippen LogP contribution in [0.5, 0.6) is 11.5 Å². The highest BCUT2D eigenvalue weighted by Crippen LogP contribution is 2.63. The van der Waals surface area contributed by atoms with Crippen molar-refractivity contribution in [1.82, 2.24) is 9.97 Å². The van der Waals surface area contributed by atoms with E-state index in [1.807, 2.05) is 48.5 Å². The van der Waals surface area contributed by atoms with Crippen LogP contribution in [0.4, 0.5) is 0 Å². The van der Waals surface area contributed by atoms with E-state index >= 15 is 0 Å². The monoisotopic (exact) mass is 602 g/mol. The maximum absolute atomic E-state index is 6.53. The zero-order valence-electron chi connectivity index (χ0n) is 25.2. The van der Waals surface area contributed by atoms with E-state index in [9.17, 15) is 0 Å². The van der Waals surface area contributed by atoms with Gasteiger partial charge in [-0.05, 0) is 58.7 Å². The molecule has 0 saturated heterocycles. The van der Waals surface area contributed by atoms with Crippen molar-refractivity contribution < 1.29 is 9.15 Å². The van der Waals surface area contributed by atoms with Gasteiger partial charge in [0, 0.05) is 33.2 Å². The Labute approximate surface area is 271 Å². The zero-order chi connectivity index (χ0) is 31.0. The van der Waals surface area contributed by atoms with Gasteiger partial charge in [0.05, 0.1) is 23.1 Å². The summed E-state index contributed by atoms with van der Waals surface area (Å²) in [5, 5.41) is 1.09. The number of hydrogen-bond donors (Lipinski definition) is 0. The molecular formula is C43H26N2O2. The third kappa shape index (κ3) is 3.70. The summed E-state index contributed by atoms with van der Waals surface area (Å²) in [4.78, 5) is 10.3. The lowest BCUT2D eigenvalue weighted by molar-refractivity contribution is 0.436. The summed E-state index contributed by atoms with van der Waals surface area (Å²) in [6.07, 6.45) is 1.78. The maximum Gasteiger partial charge on any atom is 0.160 e. The van der Waals surface area contributed by atoms with Crippen LogP contribution in [0.1, 0.15) is 22.3 Å². The van der Waals surface area contributed by atoms with Gasteiger partial charge < -0.3 is 9.15 Å². The molecule has 1 aliphatic carbocycles. The Morgan fingerprint density at radius 3 is 1.72 bits per heavy atom. The molecule has 0 amide bonds. The van der Waals surface area contributed by atoms with Crippen molar-refractivity contribution in [1.29, 1.82) is 0 Å². The van der Waals surface area contributed by atoms with Gasteiger partial charge in [0.15, 0.2) is 5.82 Å². The van der Waals surface area contributed by atoms with Gasteiger partial charge in [-0.2, -0.15) is 0 Å². The van der Waals surface area contributed by atoms with Crippen molar-refractivity contribution in [2.45, 2.75) is 5.41 Å². The molecule has 4 heteroatoms. The van der Waals surface area contributed by atoms with E-state index in [1.54, 1.807) is 6.26 Å². The van der Waals surface area contributed by atoms with Gasteiger partial charge in [-0.3, -0.25) is 0 Å². The molecule has 0 bridgehead atoms. The van der Waals surface area contributed by atoms with Crippen molar-refractivity contribution in [3.8, 4) is 56.5 Å². The minimum Gasteiger partial charge on any atom is -0.464 e. The highest BCUT2D eigenvalue weighted by Gasteiger charge is 2.51. The van der Waals surface area contributed by atoms with Crippen LogP contribution in [-0.4, -0.2) is 9.97 Å². The van der Waals surface area contributed by atoms with Crippen molar-refractivity contribution >= 4 is 11.0 Å². The van der Waals surface area contributed by atoms with Gasteiger partial charge in [0.1, 0.15) is 17.1 Å². The summed E-state index contributed by atoms with van der Waals surface area (Å²) < 4.78 is 12.5. The largest absolute Gasteiger partial charge is 0.464 e. The molecule has 3 heterocycles. The molecular weight excluding hydrogens is 576 g/mol. The molecule has 1 spiro atoms. The summed E-state index contributed by atoms with van der Waals surface area (Å²) in [7, 11) is 0. The molecule has 0 radical (unpaired) electrons. The van der Waals surface area contributed by atoms with Gasteiger partial charge in [0.2, 0.25) is 0 Å². The Morgan fingerprint density at radius 2 is 1.06 bits per heavy atom. The standard InChI is InChI=1S/C43H26N2O2/c1-3-11-27(12-4-1)36-26-37(28-13-5-2-6-14-28)45-42(44-36)29-19-20-32-31(25-29)41-30-23-24-46-38(30)22-21-35(41)43(32)33-15-7-9-17-39(33)47-40-18-10-8-16-34(40)43/h1-26H. The molecule has 8 aromatic rings. The van der Waals surface area contributed by atoms with E-state index in [0.717, 1.165) is 67.2 Å². The second-order valence-corrected chi connectivity index (χ2v) is 12.1. The number of nitrogens with zero attached hydrogens (tertiary/aromatic N) is 2. The number of furan rings is 1. The molecule has 1 aliphatic heterocycles. The molecule has 6 aromatic carbocycles. The number of ether oxygens (including phenoxy) is 1. The number of aromatic nitrogens is 2. The van der Waals surface area contributed by atoms with Crippen LogP contribution in [0.25, 0.3) is 56.0 Å². The van der Waals surface area contributed by atoms with Gasteiger partial charge >= 0.3 is 0 Å². The molecule has 10 rings (SSSR count). The lowest BCUT2D eigenvalue weighted by atomic mass is 9.66. The number of fused-ring (bicyclic) bond motifs is 11. The molecule has 2 aliphatic rings. The Bertz CT molecular complexity index is 2400. The lowest BCUT2D eigenvalue weighted by Gasteiger charge is -2.39. The number of benzene rings is 6. The summed E-state index contributed by atoms with van der Waals surface area (Å²) in [6.45, 7) is 0. The molecule has 47 heavy (non-hydrogen) atoms. The predicted molar refractivity (Wildman–Crippen MR) is 185 cm³/mol. The van der Waals surface area contributed by atoms with Gasteiger partial charge in [-0.1, -0.05) is 115 Å². The van der Waals surface area contributed by atoms with Crippen LogP contribution in [0, 0.1) is 0 Å². The first-order chi connectivity index (χ1) is 23.3. The minimum absolute atomic E-state index is 0.567. The summed E-state index contributed by atoms with van der Waals surface area (Å²) in [5.41, 5.74) is 12.1. The molecule has 220 valence electrons. The molecule has 0 saturated carbocycles. The fourth-order valence-corrected chi connectivity index (χ4v) is 7.67. The van der Waals surface area contributed by atoms with E-state index in [-0.39, 0.29) is 0 Å². The van der Waals surface area contributed by atoms with Crippen molar-refractivity contribution in [3.05, 3.63) is 180 Å². The maximum atomic E-state index is 6.53. The smallest absolute Gasteiger partial charge is 0.160 e. The van der Waals surface area contributed by atoms with Crippen LogP contribution in [-0.2, 0) is 5.41 Å². The molecule has 0 unspecified atom stereocenters. The van der Waals surface area contributed by atoms with E-state index in [2.05, 4.69) is 103 Å². The van der Waals surface area contributed by atoms with Crippen LogP contribution >= 0.6 is 0 Å². The predicted octanol–water partition coefficient (Wildman–Crippen LogP) is 10.7. The average Bonchev–Trinajstić information content (AvgIpc) is 3.74. The van der Waals surface area contributed by atoms with E-state index < -0.39 is 5.41 Å².